The van der Waals surface area contributed by atoms with E-state index in [1.54, 1.807) is 24.3 Å². The number of rotatable bonds is 1. The predicted octanol–water partition coefficient (Wildman–Crippen LogP) is 0.679. The molecule has 7 nitrogen and oxygen atoms in total. The summed E-state index contributed by atoms with van der Waals surface area (Å²) in [6.07, 6.45) is 0.449. The van der Waals surface area contributed by atoms with E-state index < -0.39 is 0 Å². The number of para-hydroxylation sites is 2. The highest BCUT2D eigenvalue weighted by Gasteiger charge is 2.32. The molecule has 7 heteroatoms. The lowest BCUT2D eigenvalue weighted by atomic mass is 10.3. The Hall–Kier alpha value is -2.70. The predicted molar refractivity (Wildman–Crippen MR) is 70.8 cm³/mol. The smallest absolute Gasteiger partial charge is 0.422 e. The number of aryl methyl sites for hydroxylation is 1. The van der Waals surface area contributed by atoms with E-state index in [1.807, 2.05) is 6.92 Å². The van der Waals surface area contributed by atoms with Crippen LogP contribution in [0.2, 0.25) is 0 Å². The third-order valence-corrected chi connectivity index (χ3v) is 3.24. The van der Waals surface area contributed by atoms with Crippen molar-refractivity contribution in [2.24, 2.45) is 0 Å². The van der Waals surface area contributed by atoms with Crippen LogP contribution in [0.3, 0.4) is 0 Å². The van der Waals surface area contributed by atoms with Crippen molar-refractivity contribution < 1.29 is 14.3 Å². The Balaban J connectivity index is 2.61. The molecule has 2 aromatic heterocycles. The second-order valence-electron chi connectivity index (χ2n) is 4.46. The first-order valence-corrected chi connectivity index (χ1v) is 6.22. The summed E-state index contributed by atoms with van der Waals surface area (Å²) in [6, 6.07) is 6.43. The summed E-state index contributed by atoms with van der Waals surface area (Å²) < 4.78 is 2.38. The van der Waals surface area contributed by atoms with Crippen LogP contribution in [0, 0.1) is 10.4 Å². The number of benzene rings is 1. The first kappa shape index (κ1) is 12.3. The van der Waals surface area contributed by atoms with Gasteiger partial charge in [0.15, 0.2) is 11.0 Å². The molecule has 3 aromatic rings. The molecule has 102 valence electrons. The van der Waals surface area contributed by atoms with Gasteiger partial charge in [0.25, 0.3) is 0 Å². The summed E-state index contributed by atoms with van der Waals surface area (Å²) in [5.74, 6) is 0.0567. The zero-order valence-electron chi connectivity index (χ0n) is 11.0. The maximum Gasteiger partial charge on any atom is 0.422 e. The van der Waals surface area contributed by atoms with Gasteiger partial charge in [-0.15, -0.1) is 4.57 Å². The van der Waals surface area contributed by atoms with Crippen molar-refractivity contribution in [3.63, 3.8) is 0 Å². The van der Waals surface area contributed by atoms with Gasteiger partial charge in [-0.3, -0.25) is 0 Å². The first-order valence-electron chi connectivity index (χ1n) is 6.22. The molecule has 0 spiro atoms. The van der Waals surface area contributed by atoms with Crippen LogP contribution in [-0.2, 0) is 6.42 Å². The van der Waals surface area contributed by atoms with Crippen molar-refractivity contribution in [1.82, 2.24) is 9.55 Å². The van der Waals surface area contributed by atoms with E-state index in [1.165, 1.54) is 11.5 Å². The Morgan fingerprint density at radius 2 is 1.85 bits per heavy atom. The third-order valence-electron chi connectivity index (χ3n) is 3.24. The first-order chi connectivity index (χ1) is 9.56. The molecular formula is C13H12N4O3. The molecule has 1 aromatic carbocycles. The summed E-state index contributed by atoms with van der Waals surface area (Å²) in [5.41, 5.74) is 0.375. The maximum absolute atomic E-state index is 12.4. The monoisotopic (exact) mass is 272 g/mol. The van der Waals surface area contributed by atoms with Crippen LogP contribution < -0.4 is 9.46 Å². The van der Waals surface area contributed by atoms with Crippen molar-refractivity contribution in [3.05, 3.63) is 40.5 Å². The van der Waals surface area contributed by atoms with Crippen LogP contribution in [0.15, 0.2) is 24.3 Å². The maximum atomic E-state index is 12.4. The highest BCUT2D eigenvalue weighted by molar-refractivity contribution is 5.85. The molecule has 0 radical (unpaired) electrons. The van der Waals surface area contributed by atoms with Crippen molar-refractivity contribution in [2.75, 3.05) is 0 Å². The van der Waals surface area contributed by atoms with Gasteiger partial charge in [-0.1, -0.05) is 19.1 Å². The number of carbonyl (C=O) groups is 1. The van der Waals surface area contributed by atoms with E-state index in [4.69, 9.17) is 0 Å². The standard InChI is InChI=1S/C13H12N4O3/c1-3-11-14-12-13(15(11)8(2)18)17(20)10-7-5-4-6-9(10)16(12)19/h4-7H,3H2,1-2H3. The zero-order valence-corrected chi connectivity index (χ0v) is 11.0. The number of hydrogen-bond acceptors (Lipinski definition) is 4. The van der Waals surface area contributed by atoms with E-state index >= 15 is 0 Å². The van der Waals surface area contributed by atoms with E-state index in [0.717, 1.165) is 0 Å². The van der Waals surface area contributed by atoms with Gasteiger partial charge in [-0.2, -0.15) is 0 Å². The van der Waals surface area contributed by atoms with Crippen LogP contribution >= 0.6 is 0 Å². The van der Waals surface area contributed by atoms with Crippen molar-refractivity contribution in [2.45, 2.75) is 20.3 Å². The molecule has 0 unspecified atom stereocenters. The Kier molecular flexibility index (Phi) is 2.56. The molecule has 0 saturated heterocycles. The topological polar surface area (TPSA) is 88.8 Å². The van der Waals surface area contributed by atoms with Gasteiger partial charge >= 0.3 is 23.0 Å². The second-order valence-corrected chi connectivity index (χ2v) is 4.46. The molecule has 2 heterocycles. The minimum absolute atomic E-state index is 0.0250. The molecule has 0 fully saturated rings. The minimum atomic E-state index is -0.343. The third kappa shape index (κ3) is 1.46. The average Bonchev–Trinajstić information content (AvgIpc) is 2.85. The average molecular weight is 272 g/mol. The molecule has 0 aliphatic rings. The fourth-order valence-corrected chi connectivity index (χ4v) is 2.37. The normalized spacial score (nSPS) is 11.3. The number of hydrogen-bond donors (Lipinski definition) is 0. The van der Waals surface area contributed by atoms with Crippen LogP contribution in [-0.4, -0.2) is 15.5 Å². The lowest BCUT2D eigenvalue weighted by Crippen LogP contribution is -2.40. The highest BCUT2D eigenvalue weighted by atomic mass is 16.5. The number of fused-ring (bicyclic) bond motifs is 2. The van der Waals surface area contributed by atoms with Gasteiger partial charge in [0.05, 0.1) is 6.42 Å². The SMILES string of the molecule is CCc1nc2c(n1C(C)=O)[n+]([O-])c1ccccc1[n+]2[O-]. The van der Waals surface area contributed by atoms with Crippen molar-refractivity contribution in [1.29, 1.82) is 0 Å². The number of aromatic nitrogens is 4. The lowest BCUT2D eigenvalue weighted by Gasteiger charge is -2.10. The van der Waals surface area contributed by atoms with E-state index in [9.17, 15) is 15.2 Å². The van der Waals surface area contributed by atoms with Gasteiger partial charge in [0.2, 0.25) is 0 Å². The second kappa shape index (κ2) is 4.16. The van der Waals surface area contributed by atoms with E-state index in [2.05, 4.69) is 4.98 Å². The molecule has 0 atom stereocenters. The quantitative estimate of drug-likeness (QED) is 0.481. The van der Waals surface area contributed by atoms with Gasteiger partial charge in [0.1, 0.15) is 0 Å². The Morgan fingerprint density at radius 3 is 2.40 bits per heavy atom. The van der Waals surface area contributed by atoms with Crippen LogP contribution in [0.5, 0.6) is 0 Å². The van der Waals surface area contributed by atoms with Gasteiger partial charge in [0, 0.05) is 11.9 Å². The van der Waals surface area contributed by atoms with Crippen LogP contribution in [0.25, 0.3) is 22.3 Å². The minimum Gasteiger partial charge on any atom is -0.710 e. The summed E-state index contributed by atoms with van der Waals surface area (Å²) in [6.45, 7) is 3.15. The summed E-state index contributed by atoms with van der Waals surface area (Å²) in [7, 11) is 0. The fourth-order valence-electron chi connectivity index (χ4n) is 2.37. The van der Waals surface area contributed by atoms with Crippen molar-refractivity contribution >= 4 is 28.2 Å². The summed E-state index contributed by atoms with van der Waals surface area (Å²) in [5, 5.41) is 24.8. The van der Waals surface area contributed by atoms with E-state index in [-0.39, 0.29) is 28.2 Å². The molecule has 0 aliphatic heterocycles. The van der Waals surface area contributed by atoms with Crippen LogP contribution in [0.1, 0.15) is 24.5 Å². The molecular weight excluding hydrogens is 260 g/mol. The summed E-state index contributed by atoms with van der Waals surface area (Å²) in [4.78, 5) is 15.9. The Bertz CT molecular complexity index is 854. The largest absolute Gasteiger partial charge is 0.710 e. The van der Waals surface area contributed by atoms with Gasteiger partial charge in [-0.25, -0.2) is 14.3 Å². The molecule has 0 bridgehead atoms. The highest BCUT2D eigenvalue weighted by Crippen LogP contribution is 2.14. The van der Waals surface area contributed by atoms with Crippen LogP contribution in [0.4, 0.5) is 0 Å². The van der Waals surface area contributed by atoms with Crippen molar-refractivity contribution in [3.8, 4) is 0 Å². The number of imidazole rings is 1. The molecule has 0 N–H and O–H groups in total. The number of carbonyl (C=O) groups excluding carboxylic acids is 1. The van der Waals surface area contributed by atoms with E-state index in [0.29, 0.717) is 21.7 Å². The van der Waals surface area contributed by atoms with Gasteiger partial charge < -0.3 is 10.4 Å². The number of nitrogens with zero attached hydrogens (tertiary/aromatic N) is 4. The van der Waals surface area contributed by atoms with Gasteiger partial charge in [-0.05, 0) is 12.1 Å². The summed E-state index contributed by atoms with van der Waals surface area (Å²) >= 11 is 0. The lowest BCUT2D eigenvalue weighted by molar-refractivity contribution is -0.593. The fraction of sp³-hybridized carbons (Fsp3) is 0.231. The Labute approximate surface area is 113 Å². The molecule has 3 rings (SSSR count). The molecule has 20 heavy (non-hydrogen) atoms. The molecule has 0 aliphatic carbocycles. The molecule has 0 saturated carbocycles. The Morgan fingerprint density at radius 1 is 1.25 bits per heavy atom. The zero-order chi connectivity index (χ0) is 14.4. The molecule has 0 amide bonds.